The number of fused-ring (bicyclic) bond motifs is 1. The van der Waals surface area contributed by atoms with Gasteiger partial charge in [0.1, 0.15) is 18.1 Å². The summed E-state index contributed by atoms with van der Waals surface area (Å²) in [6, 6.07) is 10.6. The second-order valence-electron chi connectivity index (χ2n) is 10.1. The highest BCUT2D eigenvalue weighted by Gasteiger charge is 2.31. The van der Waals surface area contributed by atoms with Crippen molar-refractivity contribution in [2.45, 2.75) is 56.3 Å². The number of carbonyl (C=O) groups is 6. The third-order valence-corrected chi connectivity index (χ3v) is 6.71. The Labute approximate surface area is 246 Å². The van der Waals surface area contributed by atoms with Crippen molar-refractivity contribution in [1.29, 1.82) is 0 Å². The van der Waals surface area contributed by atoms with Gasteiger partial charge in [-0.25, -0.2) is 4.79 Å². The second kappa shape index (κ2) is 15.1. The summed E-state index contributed by atoms with van der Waals surface area (Å²) in [4.78, 5) is 77.3. The van der Waals surface area contributed by atoms with Crippen LogP contribution in [0.4, 0.5) is 0 Å². The van der Waals surface area contributed by atoms with Crippen molar-refractivity contribution in [3.8, 4) is 0 Å². The van der Waals surface area contributed by atoms with Gasteiger partial charge in [-0.05, 0) is 23.6 Å². The monoisotopic (exact) mass is 593 g/mol. The van der Waals surface area contributed by atoms with Gasteiger partial charge in [0.2, 0.25) is 29.5 Å². The van der Waals surface area contributed by atoms with E-state index in [2.05, 4.69) is 20.9 Å². The fourth-order valence-electron chi connectivity index (χ4n) is 4.44. The lowest BCUT2D eigenvalue weighted by molar-refractivity contribution is -0.142. The van der Waals surface area contributed by atoms with E-state index in [1.54, 1.807) is 36.5 Å². The van der Waals surface area contributed by atoms with E-state index in [1.807, 2.05) is 24.3 Å². The zero-order chi connectivity index (χ0) is 31.5. The van der Waals surface area contributed by atoms with Crippen LogP contribution in [0, 0.1) is 0 Å². The zero-order valence-electron chi connectivity index (χ0n) is 23.2. The molecule has 3 aromatic rings. The minimum absolute atomic E-state index is 0.0345. The molecule has 14 nitrogen and oxygen atoms in total. The van der Waals surface area contributed by atoms with Gasteiger partial charge in [-0.2, -0.15) is 0 Å². The molecule has 228 valence electrons. The third kappa shape index (κ3) is 9.67. The Hall–Kier alpha value is -5.24. The van der Waals surface area contributed by atoms with Crippen molar-refractivity contribution in [2.75, 3.05) is 0 Å². The van der Waals surface area contributed by atoms with E-state index in [9.17, 15) is 33.9 Å². The third-order valence-electron chi connectivity index (χ3n) is 6.71. The number of carboxylic acids is 1. The Morgan fingerprint density at radius 2 is 1.35 bits per heavy atom. The maximum absolute atomic E-state index is 13.5. The number of para-hydroxylation sites is 1. The van der Waals surface area contributed by atoms with Crippen LogP contribution in [-0.4, -0.2) is 69.8 Å². The van der Waals surface area contributed by atoms with E-state index in [1.165, 1.54) is 0 Å². The summed E-state index contributed by atoms with van der Waals surface area (Å²) in [5, 5.41) is 18.1. The summed E-state index contributed by atoms with van der Waals surface area (Å²) >= 11 is 0. The number of carboxylic acid groups (broad SMARTS) is 1. The first kappa shape index (κ1) is 32.3. The molecule has 14 heteroatoms. The van der Waals surface area contributed by atoms with Gasteiger partial charge in [-0.15, -0.1) is 0 Å². The van der Waals surface area contributed by atoms with Crippen LogP contribution in [0.2, 0.25) is 0 Å². The number of amides is 5. The second-order valence-corrected chi connectivity index (χ2v) is 10.1. The molecule has 0 aliphatic carbocycles. The fraction of sp³-hybridized carbons (Fsp3) is 0.310. The SMILES string of the molecule is NC(=O)CCC(N)C(=O)NC(CC(N)=O)C(=O)NC(Cc1ccccc1)C(=O)NC(Cc1c[nH]c2ccccc12)C(=O)O. The van der Waals surface area contributed by atoms with Crippen molar-refractivity contribution >= 4 is 46.4 Å². The van der Waals surface area contributed by atoms with Crippen LogP contribution in [0.25, 0.3) is 10.9 Å². The van der Waals surface area contributed by atoms with Crippen molar-refractivity contribution in [2.24, 2.45) is 17.2 Å². The lowest BCUT2D eigenvalue weighted by atomic mass is 10.0. The summed E-state index contributed by atoms with van der Waals surface area (Å²) in [6.45, 7) is 0. The van der Waals surface area contributed by atoms with Crippen LogP contribution in [0.1, 0.15) is 30.4 Å². The molecule has 43 heavy (non-hydrogen) atoms. The number of aliphatic carboxylic acids is 1. The van der Waals surface area contributed by atoms with Crippen LogP contribution in [0.3, 0.4) is 0 Å². The number of nitrogens with one attached hydrogen (secondary N) is 4. The van der Waals surface area contributed by atoms with Gasteiger partial charge in [-0.3, -0.25) is 24.0 Å². The molecule has 4 atom stereocenters. The Morgan fingerprint density at radius 3 is 2.00 bits per heavy atom. The summed E-state index contributed by atoms with van der Waals surface area (Å²) in [5.41, 5.74) is 18.3. The normalized spacial score (nSPS) is 13.7. The highest BCUT2D eigenvalue weighted by Crippen LogP contribution is 2.19. The topological polar surface area (TPSA) is 253 Å². The van der Waals surface area contributed by atoms with Crippen molar-refractivity contribution in [3.05, 3.63) is 71.9 Å². The first-order valence-corrected chi connectivity index (χ1v) is 13.5. The first-order chi connectivity index (χ1) is 20.4. The molecule has 1 aromatic heterocycles. The highest BCUT2D eigenvalue weighted by atomic mass is 16.4. The highest BCUT2D eigenvalue weighted by molar-refractivity contribution is 5.96. The largest absolute Gasteiger partial charge is 0.480 e. The molecular formula is C29H35N7O7. The van der Waals surface area contributed by atoms with Crippen LogP contribution >= 0.6 is 0 Å². The molecule has 0 radical (unpaired) electrons. The Balaban J connectivity index is 1.80. The van der Waals surface area contributed by atoms with E-state index >= 15 is 0 Å². The maximum atomic E-state index is 13.5. The minimum atomic E-state index is -1.50. The zero-order valence-corrected chi connectivity index (χ0v) is 23.2. The van der Waals surface area contributed by atoms with E-state index in [0.29, 0.717) is 11.1 Å². The molecule has 0 bridgehead atoms. The molecule has 2 aromatic carbocycles. The Morgan fingerprint density at radius 1 is 0.744 bits per heavy atom. The average molecular weight is 594 g/mol. The molecule has 3 rings (SSSR count). The smallest absolute Gasteiger partial charge is 0.326 e. The van der Waals surface area contributed by atoms with Gasteiger partial charge in [0.25, 0.3) is 0 Å². The molecule has 1 heterocycles. The van der Waals surface area contributed by atoms with Crippen LogP contribution < -0.4 is 33.2 Å². The standard InChI is InChI=1S/C29H35N7O7/c30-19(10-11-24(31)37)26(39)34-22(14-25(32)38)28(41)35-21(12-16-6-2-1-3-7-16)27(40)36-23(29(42)43)13-17-15-33-20-9-5-4-8-18(17)20/h1-9,15,19,21-23,33H,10-14,30H2,(H2,31,37)(H2,32,38)(H,34,39)(H,35,41)(H,36,40)(H,42,43). The quantitative estimate of drug-likeness (QED) is 0.102. The lowest BCUT2D eigenvalue weighted by Gasteiger charge is -2.25. The van der Waals surface area contributed by atoms with Gasteiger partial charge in [0.15, 0.2) is 0 Å². The van der Waals surface area contributed by atoms with Crippen LogP contribution in [0.15, 0.2) is 60.8 Å². The summed E-state index contributed by atoms with van der Waals surface area (Å²) in [5.74, 6) is -5.43. The lowest BCUT2D eigenvalue weighted by Crippen LogP contribution is -2.58. The van der Waals surface area contributed by atoms with E-state index in [0.717, 1.165) is 10.9 Å². The summed E-state index contributed by atoms with van der Waals surface area (Å²) in [6.07, 6.45) is 0.704. The number of aromatic amines is 1. The number of primary amides is 2. The molecular weight excluding hydrogens is 558 g/mol. The van der Waals surface area contributed by atoms with Crippen molar-refractivity contribution in [1.82, 2.24) is 20.9 Å². The maximum Gasteiger partial charge on any atom is 0.326 e. The fourth-order valence-corrected chi connectivity index (χ4v) is 4.44. The molecule has 0 saturated carbocycles. The molecule has 0 saturated heterocycles. The molecule has 0 aliphatic rings. The predicted molar refractivity (Wildman–Crippen MR) is 156 cm³/mol. The number of nitrogens with two attached hydrogens (primary N) is 3. The van der Waals surface area contributed by atoms with E-state index in [-0.39, 0.29) is 25.7 Å². The minimum Gasteiger partial charge on any atom is -0.480 e. The number of hydrogen-bond acceptors (Lipinski definition) is 7. The molecule has 0 spiro atoms. The van der Waals surface area contributed by atoms with Crippen LogP contribution in [-0.2, 0) is 41.6 Å². The average Bonchev–Trinajstić information content (AvgIpc) is 3.37. The Kier molecular flexibility index (Phi) is 11.3. The van der Waals surface area contributed by atoms with E-state index in [4.69, 9.17) is 17.2 Å². The number of H-pyrrole nitrogens is 1. The molecule has 0 fully saturated rings. The van der Waals surface area contributed by atoms with Crippen LogP contribution in [0.5, 0.6) is 0 Å². The number of benzene rings is 2. The number of hydrogen-bond donors (Lipinski definition) is 8. The predicted octanol–water partition coefficient (Wildman–Crippen LogP) is -1.04. The molecule has 11 N–H and O–H groups in total. The Bertz CT molecular complexity index is 1470. The molecule has 4 unspecified atom stereocenters. The number of aromatic nitrogens is 1. The van der Waals surface area contributed by atoms with Gasteiger partial charge in [0.05, 0.1) is 12.5 Å². The van der Waals surface area contributed by atoms with E-state index < -0.39 is 66.1 Å². The van der Waals surface area contributed by atoms with Crippen molar-refractivity contribution < 1.29 is 33.9 Å². The summed E-state index contributed by atoms with van der Waals surface area (Å²) in [7, 11) is 0. The van der Waals surface area contributed by atoms with Gasteiger partial charge >= 0.3 is 5.97 Å². The molecule has 5 amide bonds. The first-order valence-electron chi connectivity index (χ1n) is 13.5. The molecule has 0 aliphatic heterocycles. The number of rotatable bonds is 16. The number of carbonyl (C=O) groups excluding carboxylic acids is 5. The van der Waals surface area contributed by atoms with Gasteiger partial charge in [-0.1, -0.05) is 48.5 Å². The van der Waals surface area contributed by atoms with Crippen molar-refractivity contribution in [3.63, 3.8) is 0 Å². The van der Waals surface area contributed by atoms with Gasteiger partial charge < -0.3 is 43.2 Å². The summed E-state index contributed by atoms with van der Waals surface area (Å²) < 4.78 is 0. The van der Waals surface area contributed by atoms with Gasteiger partial charge in [0, 0.05) is 36.4 Å².